The largest absolute Gasteiger partial charge is 0.393 e. The molecule has 0 aromatic heterocycles. The molecular weight excluding hydrogens is 212 g/mol. The van der Waals surface area contributed by atoms with E-state index in [0.717, 1.165) is 19.4 Å². The quantitative estimate of drug-likeness (QED) is 0.765. The molecule has 1 atom stereocenters. The number of rotatable bonds is 1. The Morgan fingerprint density at radius 1 is 1.18 bits per heavy atom. The zero-order valence-electron chi connectivity index (χ0n) is 12.6. The van der Waals surface area contributed by atoms with Crippen LogP contribution in [0.15, 0.2) is 0 Å². The highest BCUT2D eigenvalue weighted by Crippen LogP contribution is 2.42. The third kappa shape index (κ3) is 2.83. The minimum absolute atomic E-state index is 0.0390. The molecule has 0 spiro atoms. The zero-order chi connectivity index (χ0) is 13.4. The third-order valence-electron chi connectivity index (χ3n) is 4.62. The molecule has 3 nitrogen and oxygen atoms in total. The fourth-order valence-corrected chi connectivity index (χ4v) is 3.16. The second-order valence-corrected chi connectivity index (χ2v) is 6.91. The summed E-state index contributed by atoms with van der Waals surface area (Å²) in [5.74, 6) is 0. The van der Waals surface area contributed by atoms with Crippen LogP contribution >= 0.6 is 0 Å². The first kappa shape index (κ1) is 14.9. The predicted octanol–water partition coefficient (Wildman–Crippen LogP) is 2.50. The summed E-state index contributed by atoms with van der Waals surface area (Å²) in [4.78, 5) is 0. The van der Waals surface area contributed by atoms with Crippen LogP contribution in [-0.2, 0) is 0 Å². The van der Waals surface area contributed by atoms with E-state index in [2.05, 4.69) is 58.6 Å². The van der Waals surface area contributed by atoms with Gasteiger partial charge in [-0.1, -0.05) is 13.8 Å². The second kappa shape index (κ2) is 4.87. The van der Waals surface area contributed by atoms with Crippen molar-refractivity contribution in [3.05, 3.63) is 0 Å². The summed E-state index contributed by atoms with van der Waals surface area (Å²) < 4.78 is 0. The van der Waals surface area contributed by atoms with Gasteiger partial charge in [-0.3, -0.25) is 0 Å². The molecule has 0 aromatic rings. The van der Waals surface area contributed by atoms with Gasteiger partial charge in [0.05, 0.1) is 6.10 Å². The van der Waals surface area contributed by atoms with Crippen molar-refractivity contribution in [1.82, 2.24) is 10.0 Å². The molecule has 0 aromatic carbocycles. The first-order chi connectivity index (χ1) is 7.59. The third-order valence-corrected chi connectivity index (χ3v) is 4.62. The van der Waals surface area contributed by atoms with Crippen molar-refractivity contribution < 1.29 is 5.11 Å². The van der Waals surface area contributed by atoms with Gasteiger partial charge in [0.15, 0.2) is 0 Å². The number of aliphatic hydroxyl groups excluding tert-OH is 1. The molecular formula is C14H30N2O. The lowest BCUT2D eigenvalue weighted by atomic mass is 9.69. The van der Waals surface area contributed by atoms with Crippen LogP contribution < -0.4 is 0 Å². The van der Waals surface area contributed by atoms with Gasteiger partial charge in [-0.15, -0.1) is 0 Å². The van der Waals surface area contributed by atoms with Crippen molar-refractivity contribution in [1.29, 1.82) is 0 Å². The molecule has 1 saturated heterocycles. The van der Waals surface area contributed by atoms with E-state index in [1.54, 1.807) is 0 Å². The molecule has 0 bridgehead atoms. The Balaban J connectivity index is 3.10. The summed E-state index contributed by atoms with van der Waals surface area (Å²) in [5, 5.41) is 14.8. The first-order valence-corrected chi connectivity index (χ1v) is 6.78. The van der Waals surface area contributed by atoms with Crippen LogP contribution in [0.2, 0.25) is 0 Å². The Bertz CT molecular complexity index is 261. The van der Waals surface area contributed by atoms with Gasteiger partial charge >= 0.3 is 0 Å². The van der Waals surface area contributed by atoms with E-state index in [4.69, 9.17) is 0 Å². The van der Waals surface area contributed by atoms with Crippen molar-refractivity contribution in [3.8, 4) is 0 Å². The zero-order valence-corrected chi connectivity index (χ0v) is 12.6. The number of nitrogens with zero attached hydrogens (tertiary/aromatic N) is 2. The first-order valence-electron chi connectivity index (χ1n) is 6.78. The Morgan fingerprint density at radius 2 is 1.71 bits per heavy atom. The van der Waals surface area contributed by atoms with E-state index in [1.165, 1.54) is 0 Å². The van der Waals surface area contributed by atoms with Crippen molar-refractivity contribution in [2.24, 2.45) is 5.41 Å². The van der Waals surface area contributed by atoms with Crippen LogP contribution in [-0.4, -0.2) is 46.4 Å². The van der Waals surface area contributed by atoms with Crippen LogP contribution in [0.5, 0.6) is 0 Å². The molecule has 102 valence electrons. The molecule has 0 aliphatic carbocycles. The molecule has 1 aliphatic heterocycles. The van der Waals surface area contributed by atoms with Crippen molar-refractivity contribution >= 4 is 0 Å². The fraction of sp³-hybridized carbons (Fsp3) is 1.00. The minimum atomic E-state index is -0.180. The number of hydrogen-bond donors (Lipinski definition) is 1. The van der Waals surface area contributed by atoms with E-state index in [0.29, 0.717) is 6.04 Å². The smallest absolute Gasteiger partial charge is 0.0558 e. The fourth-order valence-electron chi connectivity index (χ4n) is 3.16. The normalized spacial score (nSPS) is 31.2. The summed E-state index contributed by atoms with van der Waals surface area (Å²) in [7, 11) is 2.13. The Labute approximate surface area is 107 Å². The summed E-state index contributed by atoms with van der Waals surface area (Å²) in [6.45, 7) is 14.5. The molecule has 17 heavy (non-hydrogen) atoms. The number of hydrazine groups is 1. The summed E-state index contributed by atoms with van der Waals surface area (Å²) in [6, 6.07) is 0.476. The molecule has 3 heteroatoms. The van der Waals surface area contributed by atoms with Crippen molar-refractivity contribution in [2.45, 2.75) is 72.1 Å². The molecule has 1 aliphatic rings. The van der Waals surface area contributed by atoms with E-state index in [1.807, 2.05) is 0 Å². The average molecular weight is 242 g/mol. The van der Waals surface area contributed by atoms with Crippen LogP contribution in [0.4, 0.5) is 0 Å². The highest BCUT2D eigenvalue weighted by atomic mass is 16.3. The lowest BCUT2D eigenvalue weighted by Gasteiger charge is -2.56. The van der Waals surface area contributed by atoms with Crippen molar-refractivity contribution in [3.63, 3.8) is 0 Å². The minimum Gasteiger partial charge on any atom is -0.393 e. The van der Waals surface area contributed by atoms with Gasteiger partial charge in [-0.05, 0) is 46.0 Å². The maximum Gasteiger partial charge on any atom is 0.0558 e. The average Bonchev–Trinajstić information content (AvgIpc) is 2.11. The van der Waals surface area contributed by atoms with E-state index >= 15 is 0 Å². The van der Waals surface area contributed by atoms with E-state index < -0.39 is 0 Å². The van der Waals surface area contributed by atoms with Gasteiger partial charge < -0.3 is 5.11 Å². The van der Waals surface area contributed by atoms with Gasteiger partial charge in [0.1, 0.15) is 0 Å². The monoisotopic (exact) mass is 242 g/mol. The Hall–Kier alpha value is -0.120. The molecule has 0 saturated carbocycles. The van der Waals surface area contributed by atoms with Gasteiger partial charge in [0.25, 0.3) is 0 Å². The maximum absolute atomic E-state index is 10.1. The van der Waals surface area contributed by atoms with Gasteiger partial charge in [-0.2, -0.15) is 0 Å². The molecule has 1 N–H and O–H groups in total. The topological polar surface area (TPSA) is 26.7 Å². The predicted molar refractivity (Wildman–Crippen MR) is 72.7 cm³/mol. The van der Waals surface area contributed by atoms with E-state index in [9.17, 15) is 5.11 Å². The standard InChI is InChI=1S/C14H30N2O/c1-11(2)16-14(5,6)13(3,4)10-12(17)8-9-15(16)7/h11-12,17H,8-10H2,1-7H3. The lowest BCUT2D eigenvalue weighted by Crippen LogP contribution is -2.64. The second-order valence-electron chi connectivity index (χ2n) is 6.91. The summed E-state index contributed by atoms with van der Waals surface area (Å²) in [5.41, 5.74) is 0.128. The Morgan fingerprint density at radius 3 is 2.18 bits per heavy atom. The summed E-state index contributed by atoms with van der Waals surface area (Å²) in [6.07, 6.45) is 1.55. The van der Waals surface area contributed by atoms with Crippen LogP contribution in [0.3, 0.4) is 0 Å². The number of aliphatic hydroxyl groups is 1. The highest BCUT2D eigenvalue weighted by molar-refractivity contribution is 4.97. The lowest BCUT2D eigenvalue weighted by molar-refractivity contribution is -0.170. The van der Waals surface area contributed by atoms with Gasteiger partial charge in [0, 0.05) is 25.2 Å². The molecule has 0 amide bonds. The molecule has 1 fully saturated rings. The van der Waals surface area contributed by atoms with Crippen LogP contribution in [0.1, 0.15) is 54.4 Å². The van der Waals surface area contributed by atoms with Gasteiger partial charge in [-0.25, -0.2) is 10.0 Å². The molecule has 0 radical (unpaired) electrons. The summed E-state index contributed by atoms with van der Waals surface area (Å²) >= 11 is 0. The van der Waals surface area contributed by atoms with E-state index in [-0.39, 0.29) is 17.1 Å². The maximum atomic E-state index is 10.1. The highest BCUT2D eigenvalue weighted by Gasteiger charge is 2.46. The Kier molecular flexibility index (Phi) is 4.28. The molecule has 1 heterocycles. The van der Waals surface area contributed by atoms with Crippen molar-refractivity contribution in [2.75, 3.05) is 13.6 Å². The molecule has 1 unspecified atom stereocenters. The van der Waals surface area contributed by atoms with Crippen LogP contribution in [0, 0.1) is 5.41 Å². The number of hydrogen-bond acceptors (Lipinski definition) is 3. The molecule has 1 rings (SSSR count). The SMILES string of the molecule is CC(C)N1N(C)CCC(O)CC(C)(C)C1(C)C. The van der Waals surface area contributed by atoms with Crippen LogP contribution in [0.25, 0.3) is 0 Å². The van der Waals surface area contributed by atoms with Gasteiger partial charge in [0.2, 0.25) is 0 Å².